The average Bonchev–Trinajstić information content (AvgIpc) is 2.34. The van der Waals surface area contributed by atoms with Gasteiger partial charge < -0.3 is 21.7 Å². The molecule has 1 saturated heterocycles. The SMILES string of the molecule is CN1CCN(C)C(CNc2ccc(N)c(N)n2)C1. The molecule has 0 radical (unpaired) electrons. The molecule has 100 valence electrons. The highest BCUT2D eigenvalue weighted by Crippen LogP contribution is 2.15. The van der Waals surface area contributed by atoms with Crippen LogP contribution in [0.5, 0.6) is 0 Å². The van der Waals surface area contributed by atoms with E-state index in [-0.39, 0.29) is 0 Å². The predicted octanol–water partition coefficient (Wildman–Crippen LogP) is -0.0963. The van der Waals surface area contributed by atoms with E-state index in [4.69, 9.17) is 11.5 Å². The molecule has 0 aliphatic carbocycles. The number of nitrogens with zero attached hydrogens (tertiary/aromatic N) is 3. The highest BCUT2D eigenvalue weighted by Gasteiger charge is 2.21. The second-order valence-electron chi connectivity index (χ2n) is 4.95. The Morgan fingerprint density at radius 1 is 1.33 bits per heavy atom. The molecule has 0 spiro atoms. The van der Waals surface area contributed by atoms with E-state index in [1.807, 2.05) is 6.07 Å². The molecule has 18 heavy (non-hydrogen) atoms. The number of aromatic nitrogens is 1. The summed E-state index contributed by atoms with van der Waals surface area (Å²) >= 11 is 0. The molecule has 2 heterocycles. The molecule has 0 aromatic carbocycles. The lowest BCUT2D eigenvalue weighted by molar-refractivity contribution is 0.122. The zero-order valence-electron chi connectivity index (χ0n) is 11.1. The van der Waals surface area contributed by atoms with Crippen molar-refractivity contribution in [1.29, 1.82) is 0 Å². The molecule has 1 aliphatic rings. The minimum Gasteiger partial charge on any atom is -0.396 e. The maximum absolute atomic E-state index is 5.68. The fourth-order valence-corrected chi connectivity index (χ4v) is 2.13. The number of pyridine rings is 1. The summed E-state index contributed by atoms with van der Waals surface area (Å²) in [7, 11) is 4.31. The van der Waals surface area contributed by atoms with Gasteiger partial charge in [0.1, 0.15) is 11.6 Å². The quantitative estimate of drug-likeness (QED) is 0.695. The Morgan fingerprint density at radius 2 is 2.11 bits per heavy atom. The number of nitrogens with two attached hydrogens (primary N) is 2. The lowest BCUT2D eigenvalue weighted by atomic mass is 10.2. The van der Waals surface area contributed by atoms with Gasteiger partial charge in [0.25, 0.3) is 0 Å². The molecule has 5 N–H and O–H groups in total. The van der Waals surface area contributed by atoms with Crippen LogP contribution in [-0.4, -0.2) is 61.1 Å². The standard InChI is InChI=1S/C12H22N6/c1-17-5-6-18(2)9(8-17)7-15-11-4-3-10(13)12(14)16-11/h3-4,9H,5-8,13H2,1-2H3,(H3,14,15,16). The van der Waals surface area contributed by atoms with E-state index >= 15 is 0 Å². The van der Waals surface area contributed by atoms with E-state index in [9.17, 15) is 0 Å². The zero-order chi connectivity index (χ0) is 13.1. The Hall–Kier alpha value is -1.53. The smallest absolute Gasteiger partial charge is 0.149 e. The second kappa shape index (κ2) is 5.41. The van der Waals surface area contributed by atoms with Gasteiger partial charge in [-0.3, -0.25) is 4.90 Å². The van der Waals surface area contributed by atoms with Crippen LogP contribution < -0.4 is 16.8 Å². The first kappa shape index (κ1) is 12.9. The lowest BCUT2D eigenvalue weighted by Gasteiger charge is -2.37. The molecule has 1 unspecified atom stereocenters. The van der Waals surface area contributed by atoms with Crippen molar-refractivity contribution in [2.24, 2.45) is 0 Å². The molecule has 0 saturated carbocycles. The molecule has 1 atom stereocenters. The van der Waals surface area contributed by atoms with E-state index in [0.29, 0.717) is 17.5 Å². The molecule has 6 heteroatoms. The molecular weight excluding hydrogens is 228 g/mol. The number of nitrogens with one attached hydrogen (secondary N) is 1. The Morgan fingerprint density at radius 3 is 2.83 bits per heavy atom. The number of rotatable bonds is 3. The Labute approximate surface area is 108 Å². The maximum atomic E-state index is 5.68. The van der Waals surface area contributed by atoms with Crippen LogP contribution in [0.2, 0.25) is 0 Å². The van der Waals surface area contributed by atoms with Gasteiger partial charge in [-0.2, -0.15) is 0 Å². The van der Waals surface area contributed by atoms with Crippen LogP contribution in [0.3, 0.4) is 0 Å². The van der Waals surface area contributed by atoms with Crippen molar-refractivity contribution in [2.75, 3.05) is 57.1 Å². The minimum atomic E-state index is 0.383. The van der Waals surface area contributed by atoms with Crippen LogP contribution in [0.15, 0.2) is 12.1 Å². The molecule has 1 fully saturated rings. The molecule has 0 amide bonds. The van der Waals surface area contributed by atoms with Crippen LogP contribution in [0.25, 0.3) is 0 Å². The van der Waals surface area contributed by atoms with E-state index < -0.39 is 0 Å². The van der Waals surface area contributed by atoms with Crippen molar-refractivity contribution in [3.63, 3.8) is 0 Å². The van der Waals surface area contributed by atoms with Crippen LogP contribution >= 0.6 is 0 Å². The van der Waals surface area contributed by atoms with Gasteiger partial charge in [-0.1, -0.05) is 0 Å². The number of anilines is 3. The first-order valence-corrected chi connectivity index (χ1v) is 6.21. The molecule has 0 bridgehead atoms. The number of hydrogen-bond donors (Lipinski definition) is 3. The van der Waals surface area contributed by atoms with Gasteiger partial charge in [0, 0.05) is 32.2 Å². The van der Waals surface area contributed by atoms with Crippen molar-refractivity contribution in [2.45, 2.75) is 6.04 Å². The van der Waals surface area contributed by atoms with Crippen LogP contribution in [-0.2, 0) is 0 Å². The van der Waals surface area contributed by atoms with E-state index in [2.05, 4.69) is 34.2 Å². The van der Waals surface area contributed by atoms with Crippen molar-refractivity contribution in [3.05, 3.63) is 12.1 Å². The van der Waals surface area contributed by atoms with Crippen LogP contribution in [0.1, 0.15) is 0 Å². The molecule has 6 nitrogen and oxygen atoms in total. The zero-order valence-corrected chi connectivity index (χ0v) is 11.1. The summed E-state index contributed by atoms with van der Waals surface area (Å²) in [6.07, 6.45) is 0. The summed E-state index contributed by atoms with van der Waals surface area (Å²) < 4.78 is 0. The Bertz CT molecular complexity index is 408. The van der Waals surface area contributed by atoms with Crippen LogP contribution in [0, 0.1) is 0 Å². The molecule has 1 aromatic heterocycles. The van der Waals surface area contributed by atoms with Gasteiger partial charge in [0.05, 0.1) is 5.69 Å². The van der Waals surface area contributed by atoms with E-state index in [1.165, 1.54) is 0 Å². The predicted molar refractivity (Wildman–Crippen MR) is 75.5 cm³/mol. The van der Waals surface area contributed by atoms with Crippen molar-refractivity contribution in [1.82, 2.24) is 14.8 Å². The highest BCUT2D eigenvalue weighted by atomic mass is 15.3. The Balaban J connectivity index is 1.92. The summed E-state index contributed by atoms with van der Waals surface area (Å²) in [4.78, 5) is 8.92. The molecule has 1 aliphatic heterocycles. The monoisotopic (exact) mass is 250 g/mol. The molecule has 1 aromatic rings. The summed E-state index contributed by atoms with van der Waals surface area (Å²) in [5.74, 6) is 1.16. The normalized spacial score (nSPS) is 22.0. The van der Waals surface area contributed by atoms with E-state index in [0.717, 1.165) is 32.0 Å². The lowest BCUT2D eigenvalue weighted by Crippen LogP contribution is -2.52. The Kier molecular flexibility index (Phi) is 3.88. The van der Waals surface area contributed by atoms with Crippen LogP contribution in [0.4, 0.5) is 17.3 Å². The van der Waals surface area contributed by atoms with Gasteiger partial charge in [0.2, 0.25) is 0 Å². The summed E-state index contributed by atoms with van der Waals surface area (Å²) in [6, 6.07) is 4.13. The summed E-state index contributed by atoms with van der Waals surface area (Å²) in [5, 5.41) is 3.32. The molecular formula is C12H22N6. The summed E-state index contributed by atoms with van der Waals surface area (Å²) in [5.41, 5.74) is 11.8. The van der Waals surface area contributed by atoms with Gasteiger partial charge in [0.15, 0.2) is 0 Å². The number of nitrogen functional groups attached to an aromatic ring is 2. The number of piperazine rings is 1. The summed E-state index contributed by atoms with van der Waals surface area (Å²) in [6.45, 7) is 4.14. The van der Waals surface area contributed by atoms with Gasteiger partial charge in [-0.05, 0) is 26.2 Å². The third-order valence-electron chi connectivity index (χ3n) is 3.46. The number of likely N-dealkylation sites (N-methyl/N-ethyl adjacent to an activating group) is 2. The largest absolute Gasteiger partial charge is 0.396 e. The average molecular weight is 250 g/mol. The maximum Gasteiger partial charge on any atom is 0.149 e. The minimum absolute atomic E-state index is 0.383. The van der Waals surface area contributed by atoms with Crippen molar-refractivity contribution < 1.29 is 0 Å². The van der Waals surface area contributed by atoms with Gasteiger partial charge in [-0.25, -0.2) is 4.98 Å². The highest BCUT2D eigenvalue weighted by molar-refractivity contribution is 5.61. The second-order valence-corrected chi connectivity index (χ2v) is 4.95. The topological polar surface area (TPSA) is 83.4 Å². The fourth-order valence-electron chi connectivity index (χ4n) is 2.13. The molecule has 2 rings (SSSR count). The fraction of sp³-hybridized carbons (Fsp3) is 0.583. The van der Waals surface area contributed by atoms with Crippen molar-refractivity contribution >= 4 is 17.3 Å². The number of hydrogen-bond acceptors (Lipinski definition) is 6. The first-order valence-electron chi connectivity index (χ1n) is 6.21. The third-order valence-corrected chi connectivity index (χ3v) is 3.46. The van der Waals surface area contributed by atoms with Crippen molar-refractivity contribution in [3.8, 4) is 0 Å². The van der Waals surface area contributed by atoms with Gasteiger partial charge >= 0.3 is 0 Å². The first-order chi connectivity index (χ1) is 8.56. The van der Waals surface area contributed by atoms with Gasteiger partial charge in [-0.15, -0.1) is 0 Å². The van der Waals surface area contributed by atoms with E-state index in [1.54, 1.807) is 6.07 Å². The third kappa shape index (κ3) is 3.02.